The Balaban J connectivity index is 2.23. The van der Waals surface area contributed by atoms with Crippen molar-refractivity contribution in [1.29, 1.82) is 0 Å². The highest BCUT2D eigenvalue weighted by Crippen LogP contribution is 2.22. The maximum absolute atomic E-state index is 12.1. The van der Waals surface area contributed by atoms with Crippen molar-refractivity contribution in [2.75, 3.05) is 46.9 Å². The van der Waals surface area contributed by atoms with E-state index in [2.05, 4.69) is 24.1 Å². The highest BCUT2D eigenvalue weighted by molar-refractivity contribution is 5.74. The Hall–Kier alpha value is -0.810. The number of carbonyl (C=O) groups is 1. The number of ether oxygens (including phenoxy) is 1. The van der Waals surface area contributed by atoms with Crippen LogP contribution < -0.4 is 5.32 Å². The quantitative estimate of drug-likeness (QED) is 0.794. The lowest BCUT2D eigenvalue weighted by Crippen LogP contribution is -2.51. The van der Waals surface area contributed by atoms with E-state index in [0.29, 0.717) is 18.5 Å². The molecule has 1 heterocycles. The zero-order valence-corrected chi connectivity index (χ0v) is 12.8. The van der Waals surface area contributed by atoms with Gasteiger partial charge in [0.05, 0.1) is 6.61 Å². The molecule has 0 bridgehead atoms. The summed E-state index contributed by atoms with van der Waals surface area (Å²) in [5.41, 5.74) is 0. The van der Waals surface area contributed by atoms with Crippen LogP contribution in [-0.4, -0.2) is 68.8 Å². The molecule has 1 N–H and O–H groups in total. The lowest BCUT2D eigenvalue weighted by Gasteiger charge is -2.37. The highest BCUT2D eigenvalue weighted by atomic mass is 16.5. The summed E-state index contributed by atoms with van der Waals surface area (Å²) in [6.07, 6.45) is 2.34. The van der Waals surface area contributed by atoms with Crippen LogP contribution in [0.3, 0.4) is 0 Å². The Bertz CT molecular complexity index is 273. The van der Waals surface area contributed by atoms with Gasteiger partial charge in [0.25, 0.3) is 0 Å². The fraction of sp³-hybridized carbons (Fsp3) is 0.929. The summed E-state index contributed by atoms with van der Waals surface area (Å²) in [5, 5.41) is 3.02. The normalized spacial score (nSPS) is 23.7. The number of rotatable bonds is 6. The van der Waals surface area contributed by atoms with E-state index in [1.165, 1.54) is 6.42 Å². The predicted octanol–water partition coefficient (Wildman–Crippen LogP) is 1.39. The van der Waals surface area contributed by atoms with Crippen molar-refractivity contribution in [3.05, 3.63) is 0 Å². The monoisotopic (exact) mass is 271 g/mol. The molecule has 2 amide bonds. The second-order valence-corrected chi connectivity index (χ2v) is 5.58. The molecule has 0 spiro atoms. The summed E-state index contributed by atoms with van der Waals surface area (Å²) in [5.74, 6) is 0.601. The van der Waals surface area contributed by atoms with E-state index in [1.807, 2.05) is 11.9 Å². The van der Waals surface area contributed by atoms with Crippen molar-refractivity contribution in [3.63, 3.8) is 0 Å². The van der Waals surface area contributed by atoms with Crippen molar-refractivity contribution in [2.45, 2.75) is 32.7 Å². The van der Waals surface area contributed by atoms with Gasteiger partial charge in [-0.2, -0.15) is 0 Å². The molecule has 0 aromatic heterocycles. The minimum Gasteiger partial charge on any atom is -0.383 e. The fourth-order valence-corrected chi connectivity index (χ4v) is 2.44. The van der Waals surface area contributed by atoms with Crippen molar-refractivity contribution in [3.8, 4) is 0 Å². The molecule has 0 aromatic carbocycles. The number of urea groups is 1. The van der Waals surface area contributed by atoms with Crippen LogP contribution in [0.1, 0.15) is 26.7 Å². The van der Waals surface area contributed by atoms with Crippen molar-refractivity contribution >= 4 is 6.03 Å². The standard InChI is InChI=1S/C14H29N3O2/c1-12-6-5-8-17(13(12)2)14(18)15-7-9-16(3)10-11-19-4/h12-13H,5-11H2,1-4H3,(H,15,18). The van der Waals surface area contributed by atoms with Gasteiger partial charge in [-0.25, -0.2) is 4.79 Å². The zero-order valence-electron chi connectivity index (χ0n) is 12.8. The van der Waals surface area contributed by atoms with Gasteiger partial charge in [-0.05, 0) is 32.7 Å². The van der Waals surface area contributed by atoms with Gasteiger partial charge in [0, 0.05) is 39.3 Å². The molecule has 1 fully saturated rings. The van der Waals surface area contributed by atoms with Gasteiger partial charge in [-0.3, -0.25) is 0 Å². The Morgan fingerprint density at radius 3 is 2.84 bits per heavy atom. The van der Waals surface area contributed by atoms with E-state index in [1.54, 1.807) is 7.11 Å². The second kappa shape index (κ2) is 8.38. The van der Waals surface area contributed by atoms with Crippen molar-refractivity contribution < 1.29 is 9.53 Å². The Labute approximate surface area is 117 Å². The summed E-state index contributed by atoms with van der Waals surface area (Å²) < 4.78 is 5.02. The number of hydrogen-bond acceptors (Lipinski definition) is 3. The van der Waals surface area contributed by atoms with Crippen LogP contribution >= 0.6 is 0 Å². The summed E-state index contributed by atoms with van der Waals surface area (Å²) in [4.78, 5) is 16.3. The fourth-order valence-electron chi connectivity index (χ4n) is 2.44. The lowest BCUT2D eigenvalue weighted by molar-refractivity contribution is 0.127. The minimum absolute atomic E-state index is 0.0826. The first-order chi connectivity index (χ1) is 9.06. The number of methoxy groups -OCH3 is 1. The van der Waals surface area contributed by atoms with Gasteiger partial charge in [0.2, 0.25) is 0 Å². The Kier molecular flexibility index (Phi) is 7.16. The molecular formula is C14H29N3O2. The number of nitrogens with zero attached hydrogens (tertiary/aromatic N) is 2. The second-order valence-electron chi connectivity index (χ2n) is 5.58. The van der Waals surface area contributed by atoms with Crippen molar-refractivity contribution in [1.82, 2.24) is 15.1 Å². The summed E-state index contributed by atoms with van der Waals surface area (Å²) in [6.45, 7) is 8.42. The molecule has 0 aliphatic carbocycles. The average molecular weight is 271 g/mol. The van der Waals surface area contributed by atoms with E-state index in [0.717, 1.165) is 32.7 Å². The van der Waals surface area contributed by atoms with Crippen LogP contribution in [0.4, 0.5) is 4.79 Å². The van der Waals surface area contributed by atoms with E-state index in [-0.39, 0.29) is 6.03 Å². The molecule has 0 aromatic rings. The van der Waals surface area contributed by atoms with Gasteiger partial charge in [0.15, 0.2) is 0 Å². The maximum atomic E-state index is 12.1. The molecule has 1 saturated heterocycles. The third-order valence-corrected chi connectivity index (χ3v) is 4.08. The van der Waals surface area contributed by atoms with Gasteiger partial charge in [0.1, 0.15) is 0 Å². The predicted molar refractivity (Wildman–Crippen MR) is 77.3 cm³/mol. The number of likely N-dealkylation sites (N-methyl/N-ethyl adjacent to an activating group) is 1. The molecule has 2 unspecified atom stereocenters. The number of piperidine rings is 1. The molecule has 19 heavy (non-hydrogen) atoms. The van der Waals surface area contributed by atoms with Gasteiger partial charge in [-0.15, -0.1) is 0 Å². The van der Waals surface area contributed by atoms with E-state index in [9.17, 15) is 4.79 Å². The van der Waals surface area contributed by atoms with Gasteiger partial charge < -0.3 is 19.9 Å². The summed E-state index contributed by atoms with van der Waals surface area (Å²) in [7, 11) is 3.74. The summed E-state index contributed by atoms with van der Waals surface area (Å²) >= 11 is 0. The molecule has 5 nitrogen and oxygen atoms in total. The molecule has 0 saturated carbocycles. The summed E-state index contributed by atoms with van der Waals surface area (Å²) in [6, 6.07) is 0.430. The SMILES string of the molecule is COCCN(C)CCNC(=O)N1CCCC(C)C1C. The van der Waals surface area contributed by atoms with E-state index in [4.69, 9.17) is 4.74 Å². The largest absolute Gasteiger partial charge is 0.383 e. The molecular weight excluding hydrogens is 242 g/mol. The first-order valence-corrected chi connectivity index (χ1v) is 7.28. The zero-order chi connectivity index (χ0) is 14.3. The Morgan fingerprint density at radius 2 is 2.16 bits per heavy atom. The van der Waals surface area contributed by atoms with Gasteiger partial charge in [-0.1, -0.05) is 6.92 Å². The minimum atomic E-state index is 0.0826. The molecule has 112 valence electrons. The van der Waals surface area contributed by atoms with Crippen molar-refractivity contribution in [2.24, 2.45) is 5.92 Å². The molecule has 1 aliphatic heterocycles. The topological polar surface area (TPSA) is 44.8 Å². The average Bonchev–Trinajstić information content (AvgIpc) is 2.39. The van der Waals surface area contributed by atoms with Crippen LogP contribution in [0.2, 0.25) is 0 Å². The molecule has 2 atom stereocenters. The van der Waals surface area contributed by atoms with Crippen LogP contribution in [-0.2, 0) is 4.74 Å². The van der Waals surface area contributed by atoms with E-state index < -0.39 is 0 Å². The smallest absolute Gasteiger partial charge is 0.317 e. The number of carbonyl (C=O) groups excluding carboxylic acids is 1. The lowest BCUT2D eigenvalue weighted by atomic mass is 9.92. The van der Waals surface area contributed by atoms with Crippen LogP contribution in [0.25, 0.3) is 0 Å². The van der Waals surface area contributed by atoms with E-state index >= 15 is 0 Å². The first-order valence-electron chi connectivity index (χ1n) is 7.28. The molecule has 1 rings (SSSR count). The molecule has 5 heteroatoms. The number of likely N-dealkylation sites (tertiary alicyclic amines) is 1. The molecule has 1 aliphatic rings. The van der Waals surface area contributed by atoms with Crippen LogP contribution in [0, 0.1) is 5.92 Å². The molecule has 0 radical (unpaired) electrons. The van der Waals surface area contributed by atoms with Crippen LogP contribution in [0.5, 0.6) is 0 Å². The third-order valence-electron chi connectivity index (χ3n) is 4.08. The highest BCUT2D eigenvalue weighted by Gasteiger charge is 2.27. The Morgan fingerprint density at radius 1 is 1.42 bits per heavy atom. The number of nitrogens with one attached hydrogen (secondary N) is 1. The van der Waals surface area contributed by atoms with Crippen LogP contribution in [0.15, 0.2) is 0 Å². The number of hydrogen-bond donors (Lipinski definition) is 1. The first kappa shape index (κ1) is 16.2. The third kappa shape index (κ3) is 5.37. The maximum Gasteiger partial charge on any atom is 0.317 e. The number of amides is 2. The van der Waals surface area contributed by atoms with Gasteiger partial charge >= 0.3 is 6.03 Å².